The van der Waals surface area contributed by atoms with Crippen LogP contribution >= 0.6 is 0 Å². The summed E-state index contributed by atoms with van der Waals surface area (Å²) < 4.78 is 28.7. The molecule has 1 unspecified atom stereocenters. The number of aliphatic carboxylic acids is 1. The smallest absolute Gasteiger partial charge is 0.305 e. The topological polar surface area (TPSA) is 127 Å². The van der Waals surface area contributed by atoms with Gasteiger partial charge in [-0.3, -0.25) is 14.5 Å². The predicted octanol–water partition coefficient (Wildman–Crippen LogP) is -1.55. The van der Waals surface area contributed by atoms with Gasteiger partial charge in [0.1, 0.15) is 0 Å². The molecule has 3 N–H and O–H groups in total. The van der Waals surface area contributed by atoms with Gasteiger partial charge in [-0.05, 0) is 0 Å². The summed E-state index contributed by atoms with van der Waals surface area (Å²) in [6, 6.07) is -0.312. The summed E-state index contributed by atoms with van der Waals surface area (Å²) in [4.78, 5) is 23.1. The molecular formula is C11H20N2O6S. The van der Waals surface area contributed by atoms with Crippen LogP contribution in [0.15, 0.2) is 0 Å². The molecule has 1 atom stereocenters. The number of sulfone groups is 1. The van der Waals surface area contributed by atoms with Crippen molar-refractivity contribution < 1.29 is 27.9 Å². The lowest BCUT2D eigenvalue weighted by molar-refractivity contribution is -0.140. The molecule has 8 nitrogen and oxygen atoms in total. The maximum atomic E-state index is 11.7. The lowest BCUT2D eigenvalue weighted by Crippen LogP contribution is -2.48. The van der Waals surface area contributed by atoms with E-state index in [0.29, 0.717) is 13.2 Å². The minimum atomic E-state index is -3.36. The highest BCUT2D eigenvalue weighted by Gasteiger charge is 2.26. The Bertz CT molecular complexity index is 450. The molecule has 0 aliphatic carbocycles. The van der Waals surface area contributed by atoms with Crippen molar-refractivity contribution >= 4 is 21.7 Å². The molecule has 116 valence electrons. The van der Waals surface area contributed by atoms with E-state index in [1.54, 1.807) is 4.90 Å². The van der Waals surface area contributed by atoms with Crippen LogP contribution in [0.2, 0.25) is 0 Å². The number of amides is 1. The highest BCUT2D eigenvalue weighted by molar-refractivity contribution is 7.91. The van der Waals surface area contributed by atoms with E-state index in [1.165, 1.54) is 0 Å². The third-order valence-corrected chi connectivity index (χ3v) is 4.74. The molecule has 1 amide bonds. The standard InChI is InChI=1S/C11H20N2O6S/c12-10(14)1-5-20(17,18)6-3-13-2-4-19-8-9(13)7-11(15)16/h9H,1-8H2,(H2,12,14)(H,15,16). The Morgan fingerprint density at radius 1 is 1.35 bits per heavy atom. The Balaban J connectivity index is 2.48. The zero-order chi connectivity index (χ0) is 15.2. The van der Waals surface area contributed by atoms with Gasteiger partial charge in [0.25, 0.3) is 0 Å². The molecule has 0 aromatic heterocycles. The molecular weight excluding hydrogens is 288 g/mol. The average Bonchev–Trinajstić information content (AvgIpc) is 2.35. The van der Waals surface area contributed by atoms with Crippen molar-refractivity contribution in [2.75, 3.05) is 37.8 Å². The lowest BCUT2D eigenvalue weighted by atomic mass is 10.1. The molecule has 0 radical (unpaired) electrons. The first-order valence-electron chi connectivity index (χ1n) is 6.32. The van der Waals surface area contributed by atoms with E-state index >= 15 is 0 Å². The van der Waals surface area contributed by atoms with Crippen molar-refractivity contribution in [1.29, 1.82) is 0 Å². The molecule has 0 aromatic carbocycles. The van der Waals surface area contributed by atoms with Gasteiger partial charge >= 0.3 is 5.97 Å². The van der Waals surface area contributed by atoms with Crippen LogP contribution in [0.1, 0.15) is 12.8 Å². The Hall–Kier alpha value is -1.19. The van der Waals surface area contributed by atoms with Gasteiger partial charge in [-0.25, -0.2) is 8.42 Å². The lowest BCUT2D eigenvalue weighted by Gasteiger charge is -2.34. The number of hydrogen-bond acceptors (Lipinski definition) is 6. The Morgan fingerprint density at radius 2 is 2.05 bits per heavy atom. The second kappa shape index (κ2) is 7.55. The molecule has 1 heterocycles. The Morgan fingerprint density at radius 3 is 2.65 bits per heavy atom. The maximum absolute atomic E-state index is 11.7. The number of ether oxygens (including phenoxy) is 1. The van der Waals surface area contributed by atoms with Crippen molar-refractivity contribution in [1.82, 2.24) is 4.90 Å². The third kappa shape index (κ3) is 6.31. The number of carboxylic acids is 1. The highest BCUT2D eigenvalue weighted by atomic mass is 32.2. The van der Waals surface area contributed by atoms with Gasteiger partial charge in [-0.2, -0.15) is 0 Å². The molecule has 1 fully saturated rings. The van der Waals surface area contributed by atoms with Gasteiger partial charge in [-0.15, -0.1) is 0 Å². The van der Waals surface area contributed by atoms with Gasteiger partial charge in [0, 0.05) is 25.6 Å². The van der Waals surface area contributed by atoms with Crippen LogP contribution in [0.4, 0.5) is 0 Å². The second-order valence-corrected chi connectivity index (χ2v) is 7.03. The fraction of sp³-hybridized carbons (Fsp3) is 0.818. The SMILES string of the molecule is NC(=O)CCS(=O)(=O)CCN1CCOCC1CC(=O)O. The molecule has 20 heavy (non-hydrogen) atoms. The van der Waals surface area contributed by atoms with Crippen molar-refractivity contribution in [3.05, 3.63) is 0 Å². The van der Waals surface area contributed by atoms with E-state index in [9.17, 15) is 18.0 Å². The zero-order valence-electron chi connectivity index (χ0n) is 11.2. The molecule has 0 saturated carbocycles. The van der Waals surface area contributed by atoms with Crippen LogP contribution in [0.3, 0.4) is 0 Å². The first-order chi connectivity index (χ1) is 9.30. The molecule has 0 aromatic rings. The Labute approximate surface area is 117 Å². The van der Waals surface area contributed by atoms with Crippen LogP contribution < -0.4 is 5.73 Å². The number of nitrogens with zero attached hydrogens (tertiary/aromatic N) is 1. The van der Waals surface area contributed by atoms with Gasteiger partial charge < -0.3 is 15.6 Å². The number of carbonyl (C=O) groups is 2. The summed E-state index contributed by atoms with van der Waals surface area (Å²) in [5.41, 5.74) is 4.92. The third-order valence-electron chi connectivity index (χ3n) is 3.11. The zero-order valence-corrected chi connectivity index (χ0v) is 12.0. The summed E-state index contributed by atoms with van der Waals surface area (Å²) in [6.45, 7) is 1.48. The fourth-order valence-electron chi connectivity index (χ4n) is 1.99. The van der Waals surface area contributed by atoms with E-state index in [2.05, 4.69) is 0 Å². The van der Waals surface area contributed by atoms with Crippen LogP contribution in [-0.2, 0) is 24.2 Å². The van der Waals surface area contributed by atoms with E-state index in [4.69, 9.17) is 15.6 Å². The number of rotatable bonds is 8. The first kappa shape index (κ1) is 16.9. The second-order valence-electron chi connectivity index (χ2n) is 4.73. The minimum absolute atomic E-state index is 0.0820. The van der Waals surface area contributed by atoms with Crippen molar-refractivity contribution in [2.45, 2.75) is 18.9 Å². The van der Waals surface area contributed by atoms with E-state index in [1.807, 2.05) is 0 Å². The van der Waals surface area contributed by atoms with Gasteiger partial charge in [-0.1, -0.05) is 0 Å². The largest absolute Gasteiger partial charge is 0.481 e. The number of nitrogens with two attached hydrogens (primary N) is 1. The van der Waals surface area contributed by atoms with E-state index in [0.717, 1.165) is 0 Å². The predicted molar refractivity (Wildman–Crippen MR) is 70.9 cm³/mol. The number of carbonyl (C=O) groups excluding carboxylic acids is 1. The molecule has 0 bridgehead atoms. The summed E-state index contributed by atoms with van der Waals surface area (Å²) in [6.07, 6.45) is -0.272. The van der Waals surface area contributed by atoms with E-state index in [-0.39, 0.29) is 43.5 Å². The van der Waals surface area contributed by atoms with E-state index < -0.39 is 21.7 Å². The number of primary amides is 1. The highest BCUT2D eigenvalue weighted by Crippen LogP contribution is 2.11. The quantitative estimate of drug-likeness (QED) is 0.556. The summed E-state index contributed by atoms with van der Waals surface area (Å²) in [5, 5.41) is 8.81. The summed E-state index contributed by atoms with van der Waals surface area (Å²) in [5.74, 6) is -1.97. The van der Waals surface area contributed by atoms with Crippen LogP contribution in [-0.4, -0.2) is 74.2 Å². The van der Waals surface area contributed by atoms with Crippen LogP contribution in [0, 0.1) is 0 Å². The number of hydrogen-bond donors (Lipinski definition) is 2. The molecule has 1 saturated heterocycles. The maximum Gasteiger partial charge on any atom is 0.305 e. The van der Waals surface area contributed by atoms with Crippen molar-refractivity contribution in [3.63, 3.8) is 0 Å². The average molecular weight is 308 g/mol. The van der Waals surface area contributed by atoms with Gasteiger partial charge in [0.2, 0.25) is 5.91 Å². The van der Waals surface area contributed by atoms with Crippen LogP contribution in [0.25, 0.3) is 0 Å². The molecule has 0 spiro atoms. The number of carboxylic acid groups (broad SMARTS) is 1. The van der Waals surface area contributed by atoms with Crippen LogP contribution in [0.5, 0.6) is 0 Å². The summed E-state index contributed by atoms with van der Waals surface area (Å²) >= 11 is 0. The van der Waals surface area contributed by atoms with Gasteiger partial charge in [0.05, 0.1) is 31.1 Å². The summed E-state index contributed by atoms with van der Waals surface area (Å²) in [7, 11) is -3.36. The number of morpholine rings is 1. The molecule has 9 heteroatoms. The van der Waals surface area contributed by atoms with Crippen molar-refractivity contribution in [2.24, 2.45) is 5.73 Å². The molecule has 1 aliphatic heterocycles. The monoisotopic (exact) mass is 308 g/mol. The first-order valence-corrected chi connectivity index (χ1v) is 8.14. The molecule has 1 rings (SSSR count). The Kier molecular flexibility index (Phi) is 6.37. The van der Waals surface area contributed by atoms with Gasteiger partial charge in [0.15, 0.2) is 9.84 Å². The fourth-order valence-corrected chi connectivity index (χ4v) is 3.22. The minimum Gasteiger partial charge on any atom is -0.481 e. The normalized spacial score (nSPS) is 20.7. The van der Waals surface area contributed by atoms with Crippen molar-refractivity contribution in [3.8, 4) is 0 Å². The molecule has 1 aliphatic rings.